The number of benzene rings is 3. The molecule has 3 aromatic rings. The highest BCUT2D eigenvalue weighted by atomic mass is 79.9. The van der Waals surface area contributed by atoms with Gasteiger partial charge in [0.05, 0.1) is 5.69 Å². The van der Waals surface area contributed by atoms with E-state index in [1.54, 1.807) is 36.4 Å². The second kappa shape index (κ2) is 10.4. The van der Waals surface area contributed by atoms with Gasteiger partial charge in [0.1, 0.15) is 30.3 Å². The van der Waals surface area contributed by atoms with Gasteiger partial charge in [-0.15, -0.1) is 0 Å². The highest BCUT2D eigenvalue weighted by Crippen LogP contribution is 2.28. The number of nitrogens with one attached hydrogen (secondary N) is 1. The van der Waals surface area contributed by atoms with Crippen molar-refractivity contribution in [3.05, 3.63) is 94.0 Å². The number of carbonyl (C=O) groups excluding carboxylic acids is 3. The summed E-state index contributed by atoms with van der Waals surface area (Å²) in [5.74, 6) is -0.281. The maximum Gasteiger partial charge on any atom is 0.335 e. The first-order valence-corrected chi connectivity index (χ1v) is 11.3. The molecule has 4 amide bonds. The third-order valence-corrected chi connectivity index (χ3v) is 5.48. The van der Waals surface area contributed by atoms with Crippen molar-refractivity contribution in [1.82, 2.24) is 5.32 Å². The zero-order valence-electron chi connectivity index (χ0n) is 18.3. The van der Waals surface area contributed by atoms with Crippen molar-refractivity contribution in [2.24, 2.45) is 0 Å². The average molecular weight is 521 g/mol. The van der Waals surface area contributed by atoms with Gasteiger partial charge in [-0.2, -0.15) is 0 Å². The number of halogens is 1. The molecule has 0 aliphatic carbocycles. The van der Waals surface area contributed by atoms with Crippen LogP contribution in [0.4, 0.5) is 10.5 Å². The van der Waals surface area contributed by atoms with Crippen LogP contribution in [0.5, 0.6) is 11.5 Å². The topological polar surface area (TPSA) is 84.9 Å². The summed E-state index contributed by atoms with van der Waals surface area (Å²) >= 11 is 3.41. The maximum absolute atomic E-state index is 13.2. The molecular formula is C26H21BrN2O5. The second-order valence-corrected chi connectivity index (χ2v) is 8.40. The standard InChI is InChI=1S/C26H21BrN2O5/c1-17-6-5-7-20(14-17)29-25(31)22(24(30)28-26(29)32)16-18-15-19(27)10-11-23(18)34-13-12-33-21-8-3-2-4-9-21/h2-11,14-16H,12-13H2,1H3,(H,28,30,32)/b22-16-. The number of barbiturate groups is 1. The van der Waals surface area contributed by atoms with Gasteiger partial charge in [-0.25, -0.2) is 9.69 Å². The number of hydrogen-bond donors (Lipinski definition) is 1. The van der Waals surface area contributed by atoms with Gasteiger partial charge >= 0.3 is 6.03 Å². The van der Waals surface area contributed by atoms with E-state index in [1.165, 1.54) is 6.08 Å². The van der Waals surface area contributed by atoms with Crippen LogP contribution < -0.4 is 19.7 Å². The molecule has 0 radical (unpaired) electrons. The van der Waals surface area contributed by atoms with E-state index in [1.807, 2.05) is 43.3 Å². The molecule has 0 unspecified atom stereocenters. The largest absolute Gasteiger partial charge is 0.490 e. The number of anilines is 1. The van der Waals surface area contributed by atoms with Gasteiger partial charge in [0.25, 0.3) is 11.8 Å². The van der Waals surface area contributed by atoms with Gasteiger partial charge in [-0.3, -0.25) is 14.9 Å². The number of hydrogen-bond acceptors (Lipinski definition) is 5. The fourth-order valence-electron chi connectivity index (χ4n) is 3.41. The van der Waals surface area contributed by atoms with E-state index < -0.39 is 17.8 Å². The fraction of sp³-hybridized carbons (Fsp3) is 0.115. The van der Waals surface area contributed by atoms with E-state index in [4.69, 9.17) is 9.47 Å². The smallest absolute Gasteiger partial charge is 0.335 e. The van der Waals surface area contributed by atoms with Crippen molar-refractivity contribution in [3.8, 4) is 11.5 Å². The second-order valence-electron chi connectivity index (χ2n) is 7.49. The third kappa shape index (κ3) is 5.35. The van der Waals surface area contributed by atoms with Gasteiger partial charge in [0, 0.05) is 10.0 Å². The lowest BCUT2D eigenvalue weighted by molar-refractivity contribution is -0.122. The molecule has 1 aliphatic rings. The molecule has 0 bridgehead atoms. The number of aryl methyl sites for hydroxylation is 1. The predicted molar refractivity (Wildman–Crippen MR) is 132 cm³/mol. The van der Waals surface area contributed by atoms with Crippen LogP contribution >= 0.6 is 15.9 Å². The van der Waals surface area contributed by atoms with Crippen LogP contribution in [0.15, 0.2) is 82.8 Å². The third-order valence-electron chi connectivity index (χ3n) is 4.99. The van der Waals surface area contributed by atoms with Gasteiger partial charge in [-0.05, 0) is 61.0 Å². The molecule has 1 heterocycles. The molecule has 1 aliphatic heterocycles. The molecule has 4 rings (SSSR count). The van der Waals surface area contributed by atoms with E-state index in [9.17, 15) is 14.4 Å². The number of amides is 4. The Balaban J connectivity index is 1.56. The van der Waals surface area contributed by atoms with Gasteiger partial charge in [-0.1, -0.05) is 46.3 Å². The molecule has 1 N–H and O–H groups in total. The molecule has 0 atom stereocenters. The number of urea groups is 1. The Morgan fingerprint density at radius 1 is 0.912 bits per heavy atom. The predicted octanol–water partition coefficient (Wildman–Crippen LogP) is 4.88. The minimum absolute atomic E-state index is 0.176. The minimum Gasteiger partial charge on any atom is -0.490 e. The highest BCUT2D eigenvalue weighted by Gasteiger charge is 2.37. The summed E-state index contributed by atoms with van der Waals surface area (Å²) in [6, 6.07) is 20.8. The van der Waals surface area contributed by atoms with Crippen LogP contribution in [-0.2, 0) is 9.59 Å². The Hall–Kier alpha value is -3.91. The first-order chi connectivity index (χ1) is 16.4. The number of carbonyl (C=O) groups is 3. The van der Waals surface area contributed by atoms with Crippen molar-refractivity contribution in [1.29, 1.82) is 0 Å². The molecule has 8 heteroatoms. The SMILES string of the molecule is Cc1cccc(N2C(=O)NC(=O)/C(=C/c3cc(Br)ccc3OCCOc3ccccc3)C2=O)c1. The highest BCUT2D eigenvalue weighted by molar-refractivity contribution is 9.10. The molecule has 7 nitrogen and oxygen atoms in total. The lowest BCUT2D eigenvalue weighted by Gasteiger charge is -2.26. The Morgan fingerprint density at radius 2 is 1.68 bits per heavy atom. The van der Waals surface area contributed by atoms with E-state index in [0.717, 1.165) is 20.7 Å². The van der Waals surface area contributed by atoms with E-state index in [0.29, 0.717) is 23.6 Å². The molecule has 34 heavy (non-hydrogen) atoms. The summed E-state index contributed by atoms with van der Waals surface area (Å²) in [4.78, 5) is 39.1. The zero-order valence-corrected chi connectivity index (χ0v) is 19.9. The van der Waals surface area contributed by atoms with Crippen LogP contribution in [0, 0.1) is 6.92 Å². The van der Waals surface area contributed by atoms with E-state index >= 15 is 0 Å². The van der Waals surface area contributed by atoms with Crippen molar-refractivity contribution < 1.29 is 23.9 Å². The molecule has 1 fully saturated rings. The van der Waals surface area contributed by atoms with E-state index in [2.05, 4.69) is 21.2 Å². The monoisotopic (exact) mass is 520 g/mol. The number of rotatable bonds is 7. The normalized spacial score (nSPS) is 14.8. The van der Waals surface area contributed by atoms with Gasteiger partial charge in [0.2, 0.25) is 0 Å². The number of ether oxygens (including phenoxy) is 2. The van der Waals surface area contributed by atoms with Gasteiger partial charge in [0.15, 0.2) is 0 Å². The summed E-state index contributed by atoms with van der Waals surface area (Å²) in [7, 11) is 0. The lowest BCUT2D eigenvalue weighted by Crippen LogP contribution is -2.54. The van der Waals surface area contributed by atoms with Crippen molar-refractivity contribution in [2.75, 3.05) is 18.1 Å². The summed E-state index contributed by atoms with van der Waals surface area (Å²) in [5.41, 5.74) is 1.58. The molecule has 1 saturated heterocycles. The molecule has 172 valence electrons. The maximum atomic E-state index is 13.2. The number of para-hydroxylation sites is 1. The molecule has 0 saturated carbocycles. The van der Waals surface area contributed by atoms with Crippen LogP contribution in [0.2, 0.25) is 0 Å². The Labute approximate surface area is 205 Å². The summed E-state index contributed by atoms with van der Waals surface area (Å²) in [6.07, 6.45) is 1.42. The minimum atomic E-state index is -0.790. The van der Waals surface area contributed by atoms with Crippen molar-refractivity contribution in [2.45, 2.75) is 6.92 Å². The molecule has 0 spiro atoms. The Kier molecular flexibility index (Phi) is 7.08. The molecule has 3 aromatic carbocycles. The van der Waals surface area contributed by atoms with Crippen LogP contribution in [0.25, 0.3) is 6.08 Å². The lowest BCUT2D eigenvalue weighted by atomic mass is 10.1. The average Bonchev–Trinajstić information content (AvgIpc) is 2.81. The number of nitrogens with zero attached hydrogens (tertiary/aromatic N) is 1. The quantitative estimate of drug-likeness (QED) is 0.272. The van der Waals surface area contributed by atoms with Crippen LogP contribution in [0.1, 0.15) is 11.1 Å². The van der Waals surface area contributed by atoms with Crippen LogP contribution in [-0.4, -0.2) is 31.1 Å². The van der Waals surface area contributed by atoms with Gasteiger partial charge < -0.3 is 9.47 Å². The number of imide groups is 2. The molecular weight excluding hydrogens is 500 g/mol. The van der Waals surface area contributed by atoms with Crippen molar-refractivity contribution >= 4 is 45.5 Å². The van der Waals surface area contributed by atoms with Crippen LogP contribution in [0.3, 0.4) is 0 Å². The fourth-order valence-corrected chi connectivity index (χ4v) is 3.78. The van der Waals surface area contributed by atoms with Crippen molar-refractivity contribution in [3.63, 3.8) is 0 Å². The Morgan fingerprint density at radius 3 is 2.44 bits per heavy atom. The summed E-state index contributed by atoms with van der Waals surface area (Å²) in [6.45, 7) is 2.41. The zero-order chi connectivity index (χ0) is 24.1. The van der Waals surface area contributed by atoms with E-state index in [-0.39, 0.29) is 12.2 Å². The first-order valence-electron chi connectivity index (χ1n) is 10.5. The first kappa shape index (κ1) is 23.3. The Bertz CT molecular complexity index is 1270. The summed E-state index contributed by atoms with van der Waals surface area (Å²) < 4.78 is 12.2. The summed E-state index contributed by atoms with van der Waals surface area (Å²) in [5, 5.41) is 2.24. The molecule has 0 aromatic heterocycles.